The highest BCUT2D eigenvalue weighted by Gasteiger charge is 2.31. The average molecular weight is 189 g/mol. The van der Waals surface area contributed by atoms with Crippen LogP contribution >= 0.6 is 0 Å². The zero-order valence-electron chi connectivity index (χ0n) is 7.97. The second kappa shape index (κ2) is 3.18. The van der Waals surface area contributed by atoms with Gasteiger partial charge in [0.2, 0.25) is 11.9 Å². The molecule has 1 atom stereocenters. The van der Waals surface area contributed by atoms with Crippen LogP contribution in [0.3, 0.4) is 0 Å². The molecule has 4 nitrogen and oxygen atoms in total. The summed E-state index contributed by atoms with van der Waals surface area (Å²) in [6.45, 7) is 0.584. The maximum absolute atomic E-state index is 11.6. The van der Waals surface area contributed by atoms with Gasteiger partial charge in [-0.15, -0.1) is 12.3 Å². The van der Waals surface area contributed by atoms with Crippen molar-refractivity contribution < 1.29 is 4.79 Å². The van der Waals surface area contributed by atoms with Gasteiger partial charge in [-0.3, -0.25) is 9.69 Å². The highest BCUT2D eigenvalue weighted by Crippen LogP contribution is 2.22. The minimum absolute atomic E-state index is 0.0270. The Labute approximate surface area is 82.5 Å². The zero-order chi connectivity index (χ0) is 10.1. The Kier molecular flexibility index (Phi) is 2.01. The largest absolute Gasteiger partial charge is 0.320 e. The van der Waals surface area contributed by atoms with Gasteiger partial charge in [0.15, 0.2) is 0 Å². The van der Waals surface area contributed by atoms with E-state index in [1.807, 2.05) is 17.8 Å². The first kappa shape index (κ1) is 8.82. The van der Waals surface area contributed by atoms with Crippen LogP contribution in [0.15, 0.2) is 12.4 Å². The van der Waals surface area contributed by atoms with Crippen molar-refractivity contribution in [2.24, 2.45) is 13.0 Å². The normalized spacial score (nSPS) is 21.3. The summed E-state index contributed by atoms with van der Waals surface area (Å²) in [5, 5.41) is 0. The number of nitrogens with zero attached hydrogens (tertiary/aromatic N) is 3. The fraction of sp³-hybridized carbons (Fsp3) is 0.400. The van der Waals surface area contributed by atoms with Crippen molar-refractivity contribution in [3.63, 3.8) is 0 Å². The van der Waals surface area contributed by atoms with Gasteiger partial charge in [0, 0.05) is 38.3 Å². The second-order valence-electron chi connectivity index (χ2n) is 3.41. The predicted octanol–water partition coefficient (Wildman–Crippen LogP) is 0.406. The molecule has 2 rings (SSSR count). The van der Waals surface area contributed by atoms with Gasteiger partial charge in [0.1, 0.15) is 0 Å². The summed E-state index contributed by atoms with van der Waals surface area (Å²) in [5.74, 6) is 3.36. The first-order valence-electron chi connectivity index (χ1n) is 4.46. The van der Waals surface area contributed by atoms with Crippen LogP contribution in [0.25, 0.3) is 0 Å². The van der Waals surface area contributed by atoms with E-state index in [1.54, 1.807) is 11.1 Å². The van der Waals surface area contributed by atoms with Crippen molar-refractivity contribution in [1.29, 1.82) is 0 Å². The molecular weight excluding hydrogens is 178 g/mol. The Morgan fingerprint density at radius 3 is 3.00 bits per heavy atom. The molecule has 1 aromatic heterocycles. The zero-order valence-corrected chi connectivity index (χ0v) is 7.97. The van der Waals surface area contributed by atoms with E-state index in [0.717, 1.165) is 0 Å². The van der Waals surface area contributed by atoms with Gasteiger partial charge in [-0.1, -0.05) is 0 Å². The number of rotatable bonds is 1. The van der Waals surface area contributed by atoms with E-state index < -0.39 is 0 Å². The van der Waals surface area contributed by atoms with E-state index in [9.17, 15) is 4.79 Å². The lowest BCUT2D eigenvalue weighted by Gasteiger charge is -2.14. The molecule has 4 heteroatoms. The Hall–Kier alpha value is -1.76. The molecule has 1 aliphatic heterocycles. The number of terminal acetylenes is 1. The van der Waals surface area contributed by atoms with Gasteiger partial charge < -0.3 is 4.57 Å². The number of carbonyl (C=O) groups excluding carboxylic acids is 1. The third-order valence-corrected chi connectivity index (χ3v) is 2.40. The van der Waals surface area contributed by atoms with Crippen molar-refractivity contribution in [3.05, 3.63) is 12.4 Å². The van der Waals surface area contributed by atoms with Crippen molar-refractivity contribution in [1.82, 2.24) is 9.55 Å². The van der Waals surface area contributed by atoms with Gasteiger partial charge in [0.05, 0.1) is 0 Å². The number of hydrogen-bond acceptors (Lipinski definition) is 2. The topological polar surface area (TPSA) is 38.1 Å². The van der Waals surface area contributed by atoms with Crippen LogP contribution in [0.5, 0.6) is 0 Å². The second-order valence-corrected chi connectivity index (χ2v) is 3.41. The molecule has 2 heterocycles. The first-order chi connectivity index (χ1) is 6.72. The number of imidazole rings is 1. The van der Waals surface area contributed by atoms with Crippen LogP contribution in [0.4, 0.5) is 5.95 Å². The minimum Gasteiger partial charge on any atom is -0.320 e. The van der Waals surface area contributed by atoms with Gasteiger partial charge in [-0.25, -0.2) is 4.98 Å². The molecule has 0 spiro atoms. The molecule has 1 unspecified atom stereocenters. The standard InChI is InChI=1S/C10H11N3O/c1-3-8-6-9(14)13(7-8)10-11-4-5-12(10)2/h1,4-5,8H,6-7H2,2H3. The fourth-order valence-electron chi connectivity index (χ4n) is 1.63. The lowest BCUT2D eigenvalue weighted by Crippen LogP contribution is -2.27. The smallest absolute Gasteiger partial charge is 0.230 e. The number of aryl methyl sites for hydroxylation is 1. The maximum Gasteiger partial charge on any atom is 0.230 e. The molecule has 14 heavy (non-hydrogen) atoms. The molecule has 1 amide bonds. The Balaban J connectivity index is 2.26. The molecule has 0 bridgehead atoms. The molecule has 0 aliphatic carbocycles. The van der Waals surface area contributed by atoms with Crippen molar-refractivity contribution in [2.75, 3.05) is 11.4 Å². The molecule has 0 N–H and O–H groups in total. The molecule has 1 saturated heterocycles. The molecule has 0 radical (unpaired) electrons. The Morgan fingerprint density at radius 2 is 2.50 bits per heavy atom. The highest BCUT2D eigenvalue weighted by molar-refractivity contribution is 5.94. The summed E-state index contributed by atoms with van der Waals surface area (Å²) in [5.41, 5.74) is 0. The number of anilines is 1. The third-order valence-electron chi connectivity index (χ3n) is 2.40. The molecule has 1 fully saturated rings. The van der Waals surface area contributed by atoms with Gasteiger partial charge in [-0.05, 0) is 0 Å². The first-order valence-corrected chi connectivity index (χ1v) is 4.46. The van der Waals surface area contributed by atoms with Crippen LogP contribution < -0.4 is 4.90 Å². The van der Waals surface area contributed by atoms with Crippen LogP contribution in [-0.2, 0) is 11.8 Å². The number of carbonyl (C=O) groups is 1. The molecule has 72 valence electrons. The molecular formula is C10H11N3O. The van der Waals surface area contributed by atoms with E-state index in [0.29, 0.717) is 18.9 Å². The van der Waals surface area contributed by atoms with E-state index in [-0.39, 0.29) is 11.8 Å². The summed E-state index contributed by atoms with van der Waals surface area (Å²) in [6.07, 6.45) is 9.21. The minimum atomic E-state index is 0.0270. The molecule has 0 aromatic carbocycles. The van der Waals surface area contributed by atoms with Crippen LogP contribution in [-0.4, -0.2) is 22.0 Å². The average Bonchev–Trinajstić information content (AvgIpc) is 2.72. The number of amides is 1. The summed E-state index contributed by atoms with van der Waals surface area (Å²) in [7, 11) is 1.86. The van der Waals surface area contributed by atoms with E-state index in [4.69, 9.17) is 6.42 Å². The molecule has 1 aliphatic rings. The molecule has 0 saturated carbocycles. The van der Waals surface area contributed by atoms with Gasteiger partial charge in [-0.2, -0.15) is 0 Å². The Morgan fingerprint density at radius 1 is 1.71 bits per heavy atom. The monoisotopic (exact) mass is 189 g/mol. The van der Waals surface area contributed by atoms with E-state index in [1.165, 1.54) is 0 Å². The molecule has 1 aromatic rings. The number of hydrogen-bond donors (Lipinski definition) is 0. The summed E-state index contributed by atoms with van der Waals surface area (Å²) >= 11 is 0. The summed E-state index contributed by atoms with van der Waals surface area (Å²) < 4.78 is 1.82. The van der Waals surface area contributed by atoms with Crippen LogP contribution in [0.1, 0.15) is 6.42 Å². The highest BCUT2D eigenvalue weighted by atomic mass is 16.2. The maximum atomic E-state index is 11.6. The van der Waals surface area contributed by atoms with E-state index >= 15 is 0 Å². The number of aromatic nitrogens is 2. The van der Waals surface area contributed by atoms with Gasteiger partial charge in [0.25, 0.3) is 0 Å². The Bertz CT molecular complexity index is 402. The third kappa shape index (κ3) is 1.27. The lowest BCUT2D eigenvalue weighted by atomic mass is 10.1. The van der Waals surface area contributed by atoms with Crippen molar-refractivity contribution >= 4 is 11.9 Å². The van der Waals surface area contributed by atoms with Crippen LogP contribution in [0, 0.1) is 18.3 Å². The SMILES string of the molecule is C#CC1CC(=O)N(c2nccn2C)C1. The fourth-order valence-corrected chi connectivity index (χ4v) is 1.63. The van der Waals surface area contributed by atoms with Crippen LogP contribution in [0.2, 0.25) is 0 Å². The summed E-state index contributed by atoms with van der Waals surface area (Å²) in [6, 6.07) is 0. The predicted molar refractivity (Wildman–Crippen MR) is 52.5 cm³/mol. The van der Waals surface area contributed by atoms with Gasteiger partial charge >= 0.3 is 0 Å². The lowest BCUT2D eigenvalue weighted by molar-refractivity contribution is -0.117. The quantitative estimate of drug-likeness (QED) is 0.600. The van der Waals surface area contributed by atoms with E-state index in [2.05, 4.69) is 10.9 Å². The van der Waals surface area contributed by atoms with Crippen molar-refractivity contribution in [3.8, 4) is 12.3 Å². The summed E-state index contributed by atoms with van der Waals surface area (Å²) in [4.78, 5) is 17.3. The van der Waals surface area contributed by atoms with Crippen molar-refractivity contribution in [2.45, 2.75) is 6.42 Å².